The molecule has 0 saturated carbocycles. The molecule has 0 radical (unpaired) electrons. The van der Waals surface area contributed by atoms with Gasteiger partial charge in [-0.2, -0.15) is 0 Å². The van der Waals surface area contributed by atoms with Gasteiger partial charge in [0.15, 0.2) is 0 Å². The second-order valence-electron chi connectivity index (χ2n) is 7.21. The van der Waals surface area contributed by atoms with Gasteiger partial charge >= 0.3 is 11.6 Å². The summed E-state index contributed by atoms with van der Waals surface area (Å²) in [6.45, 7) is 4.99. The molecule has 0 bridgehead atoms. The summed E-state index contributed by atoms with van der Waals surface area (Å²) in [4.78, 5) is 31.4. The van der Waals surface area contributed by atoms with Crippen LogP contribution in [0.4, 0.5) is 5.95 Å². The molecule has 0 saturated heterocycles. The number of unbranched alkanes of at least 4 members (excludes halogenated alkanes) is 1. The molecule has 142 valence electrons. The van der Waals surface area contributed by atoms with Gasteiger partial charge in [-0.15, -0.1) is 0 Å². The first kappa shape index (κ1) is 17.6. The van der Waals surface area contributed by atoms with Crippen molar-refractivity contribution in [2.75, 3.05) is 11.4 Å². The standard InChI is InChI=1S/C20H25N5O2/c1-3-4-12-25-18(26)16-17(22(2)20(25)27)21-19-23(11-8-13-24(16)19)14-15-9-6-5-7-10-15/h5-7,9-10H,3-4,8,11-14H2,1-2H3/p+1. The maximum Gasteiger partial charge on any atom is 0.359 e. The maximum atomic E-state index is 13.1. The third-order valence-corrected chi connectivity index (χ3v) is 5.34. The number of nitrogens with zero attached hydrogens (tertiary/aromatic N) is 4. The van der Waals surface area contributed by atoms with Crippen LogP contribution in [-0.4, -0.2) is 20.7 Å². The van der Waals surface area contributed by atoms with E-state index < -0.39 is 0 Å². The molecule has 1 aromatic carbocycles. The first-order chi connectivity index (χ1) is 13.1. The van der Waals surface area contributed by atoms with Crippen molar-refractivity contribution >= 4 is 17.1 Å². The molecular weight excluding hydrogens is 342 g/mol. The Morgan fingerprint density at radius 2 is 1.96 bits per heavy atom. The number of aromatic nitrogens is 4. The molecule has 1 N–H and O–H groups in total. The average Bonchev–Trinajstić information content (AvgIpc) is 3.08. The fourth-order valence-corrected chi connectivity index (χ4v) is 3.88. The van der Waals surface area contributed by atoms with Crippen LogP contribution in [0.25, 0.3) is 11.2 Å². The Labute approximate surface area is 157 Å². The largest absolute Gasteiger partial charge is 0.359 e. The lowest BCUT2D eigenvalue weighted by Gasteiger charge is -2.22. The Morgan fingerprint density at radius 1 is 1.19 bits per heavy atom. The van der Waals surface area contributed by atoms with Crippen molar-refractivity contribution in [2.45, 2.75) is 45.8 Å². The van der Waals surface area contributed by atoms with Gasteiger partial charge in [-0.05, 0) is 12.0 Å². The molecule has 27 heavy (non-hydrogen) atoms. The lowest BCUT2D eigenvalue weighted by atomic mass is 10.2. The fourth-order valence-electron chi connectivity index (χ4n) is 3.88. The number of rotatable bonds is 5. The van der Waals surface area contributed by atoms with E-state index in [0.717, 1.165) is 44.8 Å². The minimum absolute atomic E-state index is 0.189. The molecule has 1 aliphatic heterocycles. The monoisotopic (exact) mass is 368 g/mol. The summed E-state index contributed by atoms with van der Waals surface area (Å²) in [6, 6.07) is 10.3. The highest BCUT2D eigenvalue weighted by Crippen LogP contribution is 2.19. The molecule has 4 rings (SSSR count). The minimum atomic E-state index is -0.255. The van der Waals surface area contributed by atoms with Crippen molar-refractivity contribution in [3.8, 4) is 0 Å². The molecule has 1 aliphatic rings. The van der Waals surface area contributed by atoms with Crippen molar-refractivity contribution in [2.24, 2.45) is 7.05 Å². The van der Waals surface area contributed by atoms with Gasteiger partial charge in [0.25, 0.3) is 5.56 Å². The van der Waals surface area contributed by atoms with Gasteiger partial charge < -0.3 is 0 Å². The minimum Gasteiger partial charge on any atom is -0.267 e. The van der Waals surface area contributed by atoms with E-state index in [1.807, 2.05) is 22.8 Å². The first-order valence-electron chi connectivity index (χ1n) is 9.66. The number of hydrogen-bond donors (Lipinski definition) is 1. The first-order valence-corrected chi connectivity index (χ1v) is 9.66. The van der Waals surface area contributed by atoms with E-state index in [-0.39, 0.29) is 11.2 Å². The third kappa shape index (κ3) is 2.97. The molecule has 7 nitrogen and oxygen atoms in total. The number of fused-ring (bicyclic) bond motifs is 3. The molecule has 2 aromatic heterocycles. The van der Waals surface area contributed by atoms with E-state index >= 15 is 0 Å². The summed E-state index contributed by atoms with van der Waals surface area (Å²) in [5, 5.41) is 0. The highest BCUT2D eigenvalue weighted by Gasteiger charge is 2.32. The van der Waals surface area contributed by atoms with E-state index in [9.17, 15) is 9.59 Å². The highest BCUT2D eigenvalue weighted by molar-refractivity contribution is 5.68. The molecule has 0 aliphatic carbocycles. The Morgan fingerprint density at radius 3 is 2.70 bits per heavy atom. The van der Waals surface area contributed by atoms with Crippen molar-refractivity contribution in [3.05, 3.63) is 56.7 Å². The van der Waals surface area contributed by atoms with Crippen molar-refractivity contribution < 1.29 is 4.57 Å². The number of benzene rings is 1. The van der Waals surface area contributed by atoms with Crippen LogP contribution in [0.2, 0.25) is 0 Å². The number of H-pyrrole nitrogens is 1. The molecule has 0 fully saturated rings. The van der Waals surface area contributed by atoms with Gasteiger partial charge in [-0.3, -0.25) is 18.8 Å². The summed E-state index contributed by atoms with van der Waals surface area (Å²) < 4.78 is 4.99. The number of aromatic amines is 1. The van der Waals surface area contributed by atoms with E-state index in [1.165, 1.54) is 10.1 Å². The van der Waals surface area contributed by atoms with Crippen LogP contribution in [-0.2, 0) is 26.7 Å². The normalized spacial score (nSPS) is 13.9. The molecule has 0 unspecified atom stereocenters. The Balaban J connectivity index is 1.85. The average molecular weight is 368 g/mol. The van der Waals surface area contributed by atoms with Crippen LogP contribution >= 0.6 is 0 Å². The predicted molar refractivity (Wildman–Crippen MR) is 105 cm³/mol. The summed E-state index contributed by atoms with van der Waals surface area (Å²) in [7, 11) is 1.73. The Hall–Kier alpha value is -2.83. The second-order valence-corrected chi connectivity index (χ2v) is 7.21. The summed E-state index contributed by atoms with van der Waals surface area (Å²) in [5.74, 6) is 0.903. The number of hydrogen-bond acceptors (Lipinski definition) is 3. The van der Waals surface area contributed by atoms with Gasteiger partial charge in [0, 0.05) is 20.0 Å². The topological polar surface area (TPSA) is 66.9 Å². The number of imidazole rings is 1. The quantitative estimate of drug-likeness (QED) is 0.695. The molecule has 0 atom stereocenters. The SMILES string of the molecule is CCCCn1c(=O)c2c([nH]c3[n+]2CCCN3Cc2ccccc2)n(C)c1=O. The van der Waals surface area contributed by atoms with Crippen LogP contribution in [0.15, 0.2) is 39.9 Å². The highest BCUT2D eigenvalue weighted by atomic mass is 16.2. The summed E-state index contributed by atoms with van der Waals surface area (Å²) in [5.41, 5.74) is 1.98. The van der Waals surface area contributed by atoms with Crippen LogP contribution < -0.4 is 20.7 Å². The fraction of sp³-hybridized carbons (Fsp3) is 0.450. The van der Waals surface area contributed by atoms with Gasteiger partial charge in [-0.1, -0.05) is 43.7 Å². The number of nitrogens with one attached hydrogen (secondary N) is 1. The van der Waals surface area contributed by atoms with E-state index in [1.54, 1.807) is 11.6 Å². The van der Waals surface area contributed by atoms with Gasteiger partial charge in [-0.25, -0.2) is 14.3 Å². The van der Waals surface area contributed by atoms with Gasteiger partial charge in [0.2, 0.25) is 11.2 Å². The molecular formula is C20H26N5O2+. The molecule has 0 spiro atoms. The van der Waals surface area contributed by atoms with Crippen molar-refractivity contribution in [1.29, 1.82) is 0 Å². The molecule has 7 heteroatoms. The van der Waals surface area contributed by atoms with E-state index in [4.69, 9.17) is 0 Å². The molecule has 3 aromatic rings. The predicted octanol–water partition coefficient (Wildman–Crippen LogP) is 1.53. The van der Waals surface area contributed by atoms with Crippen LogP contribution in [0.3, 0.4) is 0 Å². The van der Waals surface area contributed by atoms with Crippen LogP contribution in [0, 0.1) is 0 Å². The number of anilines is 1. The van der Waals surface area contributed by atoms with Crippen molar-refractivity contribution in [1.82, 2.24) is 14.1 Å². The lowest BCUT2D eigenvalue weighted by molar-refractivity contribution is -0.663. The van der Waals surface area contributed by atoms with Crippen LogP contribution in [0.1, 0.15) is 31.7 Å². The molecule has 0 amide bonds. The maximum absolute atomic E-state index is 13.1. The third-order valence-electron chi connectivity index (χ3n) is 5.34. The lowest BCUT2D eigenvalue weighted by Crippen LogP contribution is -2.50. The Bertz CT molecular complexity index is 1080. The zero-order valence-electron chi connectivity index (χ0n) is 15.9. The van der Waals surface area contributed by atoms with E-state index in [2.05, 4.69) is 28.9 Å². The zero-order chi connectivity index (χ0) is 19.0. The van der Waals surface area contributed by atoms with Crippen LogP contribution in [0.5, 0.6) is 0 Å². The smallest absolute Gasteiger partial charge is 0.267 e. The second kappa shape index (κ2) is 7.06. The Kier molecular flexibility index (Phi) is 4.59. The van der Waals surface area contributed by atoms with E-state index in [0.29, 0.717) is 17.7 Å². The number of aryl methyl sites for hydroxylation is 2. The molecule has 3 heterocycles. The zero-order valence-corrected chi connectivity index (χ0v) is 15.9. The summed E-state index contributed by atoms with van der Waals surface area (Å²) in [6.07, 6.45) is 2.73. The van der Waals surface area contributed by atoms with Gasteiger partial charge in [0.05, 0.1) is 19.6 Å². The van der Waals surface area contributed by atoms with Gasteiger partial charge in [0.1, 0.15) is 0 Å². The van der Waals surface area contributed by atoms with Crippen molar-refractivity contribution in [3.63, 3.8) is 0 Å². The summed E-state index contributed by atoms with van der Waals surface area (Å²) >= 11 is 0.